The van der Waals surface area contributed by atoms with Crippen LogP contribution in [0.15, 0.2) is 24.4 Å². The number of rotatable bonds is 6. The lowest BCUT2D eigenvalue weighted by Gasteiger charge is -2.17. The molecule has 0 bridgehead atoms. The number of nitrogens with zero attached hydrogens (tertiary/aromatic N) is 2. The van der Waals surface area contributed by atoms with Gasteiger partial charge in [-0.25, -0.2) is 4.98 Å². The Balaban J connectivity index is 2.01. The summed E-state index contributed by atoms with van der Waals surface area (Å²) in [5.41, 5.74) is 1.05. The van der Waals surface area contributed by atoms with Crippen molar-refractivity contribution in [2.75, 3.05) is 27.8 Å². The Bertz CT molecular complexity index is 735. The molecule has 1 aromatic heterocycles. The number of likely N-dealkylation sites (N-methyl/N-ethyl adjacent to an activating group) is 1. The van der Waals surface area contributed by atoms with Gasteiger partial charge in [-0.15, -0.1) is 11.3 Å². The normalized spacial score (nSPS) is 11.3. The Morgan fingerprint density at radius 3 is 2.44 bits per heavy atom. The largest absolute Gasteiger partial charge is 0.493 e. The average molecular weight is 362 g/mol. The van der Waals surface area contributed by atoms with E-state index < -0.39 is 0 Å². The van der Waals surface area contributed by atoms with Gasteiger partial charge >= 0.3 is 0 Å². The Morgan fingerprint density at radius 1 is 1.20 bits per heavy atom. The molecule has 25 heavy (non-hydrogen) atoms. The second-order valence-electron chi connectivity index (χ2n) is 6.95. The third kappa shape index (κ3) is 4.72. The summed E-state index contributed by atoms with van der Waals surface area (Å²) in [6.45, 7) is 6.92. The minimum atomic E-state index is -0.0403. The Hall–Kier alpha value is -2.08. The topological polar surface area (TPSA) is 51.7 Å². The SMILES string of the molecule is COc1ccc(CCN(C)C(=O)c2cnc(C(C)(C)C)s2)cc1OC. The van der Waals surface area contributed by atoms with Crippen LogP contribution in [0.3, 0.4) is 0 Å². The second-order valence-corrected chi connectivity index (χ2v) is 7.98. The van der Waals surface area contributed by atoms with Crippen LogP contribution in [0.1, 0.15) is 41.0 Å². The molecule has 1 amide bonds. The number of methoxy groups -OCH3 is 2. The summed E-state index contributed by atoms with van der Waals surface area (Å²) in [6, 6.07) is 5.82. The van der Waals surface area contributed by atoms with Gasteiger partial charge in [-0.2, -0.15) is 0 Å². The molecule has 0 unspecified atom stereocenters. The highest BCUT2D eigenvalue weighted by molar-refractivity contribution is 7.13. The van der Waals surface area contributed by atoms with E-state index in [1.807, 2.05) is 25.2 Å². The van der Waals surface area contributed by atoms with Gasteiger partial charge in [0.05, 0.1) is 25.4 Å². The van der Waals surface area contributed by atoms with Gasteiger partial charge in [0.25, 0.3) is 5.91 Å². The third-order valence-electron chi connectivity index (χ3n) is 3.89. The summed E-state index contributed by atoms with van der Waals surface area (Å²) < 4.78 is 10.6. The van der Waals surface area contributed by atoms with Gasteiger partial charge in [-0.3, -0.25) is 4.79 Å². The fraction of sp³-hybridized carbons (Fsp3) is 0.474. The molecule has 0 saturated carbocycles. The van der Waals surface area contributed by atoms with E-state index in [4.69, 9.17) is 9.47 Å². The summed E-state index contributed by atoms with van der Waals surface area (Å²) in [5, 5.41) is 0.976. The molecule has 0 radical (unpaired) electrons. The van der Waals surface area contributed by atoms with Gasteiger partial charge in [0, 0.05) is 19.0 Å². The molecule has 2 aromatic rings. The number of carbonyl (C=O) groups is 1. The van der Waals surface area contributed by atoms with E-state index in [0.29, 0.717) is 22.9 Å². The number of ether oxygens (including phenoxy) is 2. The van der Waals surface area contributed by atoms with Gasteiger partial charge in [-0.05, 0) is 24.1 Å². The third-order valence-corrected chi connectivity index (χ3v) is 5.30. The van der Waals surface area contributed by atoms with Gasteiger partial charge in [0.1, 0.15) is 4.88 Å². The summed E-state index contributed by atoms with van der Waals surface area (Å²) in [5.74, 6) is 1.41. The second kappa shape index (κ2) is 7.87. The average Bonchev–Trinajstić information content (AvgIpc) is 3.09. The zero-order chi connectivity index (χ0) is 18.6. The van der Waals surface area contributed by atoms with Crippen LogP contribution in [0.4, 0.5) is 0 Å². The minimum Gasteiger partial charge on any atom is -0.493 e. The van der Waals surface area contributed by atoms with Gasteiger partial charge in [0.2, 0.25) is 0 Å². The molecule has 136 valence electrons. The fourth-order valence-electron chi connectivity index (χ4n) is 2.34. The number of hydrogen-bond acceptors (Lipinski definition) is 5. The summed E-state index contributed by atoms with van der Waals surface area (Å²) in [7, 11) is 5.05. The highest BCUT2D eigenvalue weighted by Crippen LogP contribution is 2.29. The quantitative estimate of drug-likeness (QED) is 0.785. The van der Waals surface area contributed by atoms with E-state index in [0.717, 1.165) is 17.0 Å². The van der Waals surface area contributed by atoms with E-state index in [2.05, 4.69) is 25.8 Å². The van der Waals surface area contributed by atoms with Gasteiger partial charge in [-0.1, -0.05) is 26.8 Å². The van der Waals surface area contributed by atoms with Crippen molar-refractivity contribution in [3.63, 3.8) is 0 Å². The monoisotopic (exact) mass is 362 g/mol. The van der Waals surface area contributed by atoms with Crippen LogP contribution >= 0.6 is 11.3 Å². The highest BCUT2D eigenvalue weighted by Gasteiger charge is 2.21. The van der Waals surface area contributed by atoms with Gasteiger partial charge in [0.15, 0.2) is 11.5 Å². The minimum absolute atomic E-state index is 0.00785. The van der Waals surface area contributed by atoms with Crippen molar-refractivity contribution in [2.24, 2.45) is 0 Å². The number of benzene rings is 1. The molecule has 0 aliphatic carbocycles. The molecule has 1 aromatic carbocycles. The van der Waals surface area contributed by atoms with Crippen LogP contribution in [-0.4, -0.2) is 43.6 Å². The first-order chi connectivity index (χ1) is 11.8. The standard InChI is InChI=1S/C19H26N2O3S/c1-19(2,3)18-20-12-16(25-18)17(22)21(4)10-9-13-7-8-14(23-5)15(11-13)24-6/h7-8,11-12H,9-10H2,1-6H3. The first-order valence-corrected chi connectivity index (χ1v) is 9.00. The van der Waals surface area contributed by atoms with E-state index in [1.165, 1.54) is 11.3 Å². The maximum atomic E-state index is 12.6. The number of aromatic nitrogens is 1. The van der Waals surface area contributed by atoms with E-state index in [-0.39, 0.29) is 11.3 Å². The van der Waals surface area contributed by atoms with Crippen molar-refractivity contribution < 1.29 is 14.3 Å². The molecule has 1 heterocycles. The van der Waals surface area contributed by atoms with Crippen molar-refractivity contribution in [1.82, 2.24) is 9.88 Å². The maximum Gasteiger partial charge on any atom is 0.265 e. The van der Waals surface area contributed by atoms with E-state index in [1.54, 1.807) is 25.3 Å². The number of thiazole rings is 1. The summed E-state index contributed by atoms with van der Waals surface area (Å²) >= 11 is 1.47. The zero-order valence-electron chi connectivity index (χ0n) is 15.8. The molecule has 0 aliphatic heterocycles. The predicted octanol–water partition coefficient (Wildman–Crippen LogP) is 3.77. The molecule has 0 saturated heterocycles. The Labute approximate surface area is 153 Å². The van der Waals surface area contributed by atoms with Crippen molar-refractivity contribution >= 4 is 17.2 Å². The van der Waals surface area contributed by atoms with Crippen LogP contribution in [0.25, 0.3) is 0 Å². The van der Waals surface area contributed by atoms with Crippen LogP contribution < -0.4 is 9.47 Å². The van der Waals surface area contributed by atoms with Crippen molar-refractivity contribution in [1.29, 1.82) is 0 Å². The maximum absolute atomic E-state index is 12.6. The van der Waals surface area contributed by atoms with Crippen LogP contribution in [0.5, 0.6) is 11.5 Å². The smallest absolute Gasteiger partial charge is 0.265 e. The molecule has 0 fully saturated rings. The molecule has 0 aliphatic rings. The lowest BCUT2D eigenvalue weighted by atomic mass is 9.98. The summed E-state index contributed by atoms with van der Waals surface area (Å²) in [4.78, 5) is 19.4. The molecule has 0 atom stereocenters. The van der Waals surface area contributed by atoms with Crippen molar-refractivity contribution in [3.8, 4) is 11.5 Å². The van der Waals surface area contributed by atoms with Crippen LogP contribution in [-0.2, 0) is 11.8 Å². The number of amides is 1. The fourth-order valence-corrected chi connectivity index (χ4v) is 3.31. The number of carbonyl (C=O) groups excluding carboxylic acids is 1. The molecular weight excluding hydrogens is 336 g/mol. The first-order valence-electron chi connectivity index (χ1n) is 8.19. The van der Waals surface area contributed by atoms with Gasteiger partial charge < -0.3 is 14.4 Å². The first kappa shape index (κ1) is 19.2. The van der Waals surface area contributed by atoms with Crippen LogP contribution in [0.2, 0.25) is 0 Å². The lowest BCUT2D eigenvalue weighted by Crippen LogP contribution is -2.28. The predicted molar refractivity (Wildman–Crippen MR) is 101 cm³/mol. The molecule has 0 spiro atoms. The van der Waals surface area contributed by atoms with Crippen molar-refractivity contribution in [2.45, 2.75) is 32.6 Å². The molecule has 0 N–H and O–H groups in total. The lowest BCUT2D eigenvalue weighted by molar-refractivity contribution is 0.0801. The molecule has 2 rings (SSSR count). The Morgan fingerprint density at radius 2 is 1.88 bits per heavy atom. The van der Waals surface area contributed by atoms with Crippen molar-refractivity contribution in [3.05, 3.63) is 39.8 Å². The van der Waals surface area contributed by atoms with E-state index >= 15 is 0 Å². The Kier molecular flexibility index (Phi) is 6.06. The van der Waals surface area contributed by atoms with E-state index in [9.17, 15) is 4.79 Å². The molecular formula is C19H26N2O3S. The number of hydrogen-bond donors (Lipinski definition) is 0. The molecule has 5 nitrogen and oxygen atoms in total. The zero-order valence-corrected chi connectivity index (χ0v) is 16.6. The molecule has 6 heteroatoms. The highest BCUT2D eigenvalue weighted by atomic mass is 32.1. The summed E-state index contributed by atoms with van der Waals surface area (Å²) in [6.07, 6.45) is 2.42. The van der Waals surface area contributed by atoms with Crippen LogP contribution in [0, 0.1) is 0 Å².